The Kier molecular flexibility index (Phi) is 5.64. The molecule has 0 heterocycles. The summed E-state index contributed by atoms with van der Waals surface area (Å²) in [5.41, 5.74) is 6.21. The zero-order valence-electron chi connectivity index (χ0n) is 9.98. The Labute approximate surface area is 101 Å². The Bertz CT molecular complexity index is 389. The van der Waals surface area contributed by atoms with Crippen molar-refractivity contribution < 1.29 is 9.53 Å². The molecule has 0 aliphatic rings. The van der Waals surface area contributed by atoms with Gasteiger partial charge in [-0.3, -0.25) is 4.79 Å². The van der Waals surface area contributed by atoms with Gasteiger partial charge in [-0.2, -0.15) is 0 Å². The number of nitrogens with two attached hydrogens (primary N) is 1. The van der Waals surface area contributed by atoms with Gasteiger partial charge in [0.25, 0.3) is 5.91 Å². The fraction of sp³-hybridized carbons (Fsp3) is 0.308. The highest BCUT2D eigenvalue weighted by Gasteiger charge is 2.01. The third-order valence-corrected chi connectivity index (χ3v) is 2.10. The molecule has 0 fully saturated rings. The Hall–Kier alpha value is -1.97. The number of hydrogen-bond donors (Lipinski definition) is 2. The predicted molar refractivity (Wildman–Crippen MR) is 68.8 cm³/mol. The number of ether oxygens (including phenoxy) is 1. The van der Waals surface area contributed by atoms with Crippen molar-refractivity contribution in [2.24, 2.45) is 0 Å². The van der Waals surface area contributed by atoms with Gasteiger partial charge in [-0.15, -0.1) is 0 Å². The first-order valence-electron chi connectivity index (χ1n) is 5.58. The van der Waals surface area contributed by atoms with Crippen molar-refractivity contribution in [2.45, 2.75) is 13.3 Å². The van der Waals surface area contributed by atoms with Gasteiger partial charge in [0.2, 0.25) is 0 Å². The third kappa shape index (κ3) is 5.61. The fourth-order valence-electron chi connectivity index (χ4n) is 1.27. The van der Waals surface area contributed by atoms with Gasteiger partial charge in [-0.05, 0) is 25.5 Å². The molecule has 1 rings (SSSR count). The van der Waals surface area contributed by atoms with E-state index < -0.39 is 0 Å². The summed E-state index contributed by atoms with van der Waals surface area (Å²) in [5.74, 6) is 0.477. The highest BCUT2D eigenvalue weighted by Crippen LogP contribution is 2.13. The van der Waals surface area contributed by atoms with Crippen molar-refractivity contribution in [3.05, 3.63) is 36.4 Å². The second-order valence-electron chi connectivity index (χ2n) is 3.57. The molecule has 0 saturated carbocycles. The summed E-state index contributed by atoms with van der Waals surface area (Å²) in [5, 5.41) is 2.76. The number of benzene rings is 1. The third-order valence-electron chi connectivity index (χ3n) is 2.10. The molecule has 3 N–H and O–H groups in total. The SMILES string of the molecule is C/C=C/CCNC(=O)COc1cccc(N)c1. The lowest BCUT2D eigenvalue weighted by Gasteiger charge is -2.07. The lowest BCUT2D eigenvalue weighted by atomic mass is 10.3. The van der Waals surface area contributed by atoms with E-state index in [2.05, 4.69) is 5.32 Å². The molecule has 17 heavy (non-hydrogen) atoms. The molecule has 0 aliphatic carbocycles. The highest BCUT2D eigenvalue weighted by molar-refractivity contribution is 5.77. The lowest BCUT2D eigenvalue weighted by Crippen LogP contribution is -2.29. The molecule has 1 aromatic rings. The summed E-state index contributed by atoms with van der Waals surface area (Å²) in [6.45, 7) is 2.59. The number of hydrogen-bond acceptors (Lipinski definition) is 3. The maximum atomic E-state index is 11.4. The smallest absolute Gasteiger partial charge is 0.257 e. The van der Waals surface area contributed by atoms with Gasteiger partial charge in [0.05, 0.1) is 0 Å². The van der Waals surface area contributed by atoms with Gasteiger partial charge < -0.3 is 15.8 Å². The predicted octanol–water partition coefficient (Wildman–Crippen LogP) is 1.73. The second kappa shape index (κ2) is 7.33. The Morgan fingerprint density at radius 3 is 3.06 bits per heavy atom. The number of nitrogens with one attached hydrogen (secondary N) is 1. The number of allylic oxidation sites excluding steroid dienone is 1. The highest BCUT2D eigenvalue weighted by atomic mass is 16.5. The number of rotatable bonds is 6. The van der Waals surface area contributed by atoms with E-state index in [-0.39, 0.29) is 12.5 Å². The summed E-state index contributed by atoms with van der Waals surface area (Å²) < 4.78 is 5.30. The van der Waals surface area contributed by atoms with E-state index in [9.17, 15) is 4.79 Å². The van der Waals surface area contributed by atoms with Crippen LogP contribution in [0.15, 0.2) is 36.4 Å². The average molecular weight is 234 g/mol. The van der Waals surface area contributed by atoms with Gasteiger partial charge in [0.1, 0.15) is 5.75 Å². The van der Waals surface area contributed by atoms with Crippen LogP contribution in [0.2, 0.25) is 0 Å². The fourth-order valence-corrected chi connectivity index (χ4v) is 1.27. The van der Waals surface area contributed by atoms with Crippen LogP contribution in [-0.2, 0) is 4.79 Å². The van der Waals surface area contributed by atoms with Crippen LogP contribution in [0.5, 0.6) is 5.75 Å². The number of anilines is 1. The number of carbonyl (C=O) groups excluding carboxylic acids is 1. The molecular formula is C13H18N2O2. The maximum Gasteiger partial charge on any atom is 0.257 e. The molecule has 0 atom stereocenters. The van der Waals surface area contributed by atoms with Crippen molar-refractivity contribution >= 4 is 11.6 Å². The van der Waals surface area contributed by atoms with E-state index in [1.54, 1.807) is 24.3 Å². The molecule has 0 saturated heterocycles. The molecule has 0 bridgehead atoms. The lowest BCUT2D eigenvalue weighted by molar-refractivity contribution is -0.123. The molecule has 0 aliphatic heterocycles. The molecule has 1 aromatic carbocycles. The van der Waals surface area contributed by atoms with Gasteiger partial charge in [0, 0.05) is 18.3 Å². The number of carbonyl (C=O) groups is 1. The first kappa shape index (κ1) is 13.1. The van der Waals surface area contributed by atoms with Crippen LogP contribution in [-0.4, -0.2) is 19.1 Å². The van der Waals surface area contributed by atoms with Gasteiger partial charge in [-0.25, -0.2) is 0 Å². The molecule has 0 spiro atoms. The summed E-state index contributed by atoms with van der Waals surface area (Å²) in [7, 11) is 0. The number of nitrogen functional groups attached to an aromatic ring is 1. The van der Waals surface area contributed by atoms with E-state index in [1.165, 1.54) is 0 Å². The van der Waals surface area contributed by atoms with Gasteiger partial charge in [-0.1, -0.05) is 18.2 Å². The quantitative estimate of drug-likeness (QED) is 0.447. The Morgan fingerprint density at radius 1 is 1.53 bits per heavy atom. The van der Waals surface area contributed by atoms with Crippen LogP contribution < -0.4 is 15.8 Å². The topological polar surface area (TPSA) is 64.3 Å². The van der Waals surface area contributed by atoms with Crippen LogP contribution in [0.1, 0.15) is 13.3 Å². The van der Waals surface area contributed by atoms with Crippen molar-refractivity contribution in [1.82, 2.24) is 5.32 Å². The van der Waals surface area contributed by atoms with Crippen molar-refractivity contribution in [2.75, 3.05) is 18.9 Å². The molecule has 0 aromatic heterocycles. The normalized spacial score (nSPS) is 10.4. The van der Waals surface area contributed by atoms with Crippen LogP contribution in [0, 0.1) is 0 Å². The summed E-state index contributed by atoms with van der Waals surface area (Å²) in [6.07, 6.45) is 4.79. The summed E-state index contributed by atoms with van der Waals surface area (Å²) in [4.78, 5) is 11.4. The van der Waals surface area contributed by atoms with Crippen molar-refractivity contribution in [1.29, 1.82) is 0 Å². The number of amides is 1. The van der Waals surface area contributed by atoms with Crippen LogP contribution in [0.3, 0.4) is 0 Å². The molecule has 92 valence electrons. The van der Waals surface area contributed by atoms with Gasteiger partial charge in [0.15, 0.2) is 6.61 Å². The molecule has 4 heteroatoms. The minimum atomic E-state index is -0.128. The monoisotopic (exact) mass is 234 g/mol. The first-order valence-corrected chi connectivity index (χ1v) is 5.58. The largest absolute Gasteiger partial charge is 0.484 e. The minimum Gasteiger partial charge on any atom is -0.484 e. The van der Waals surface area contributed by atoms with Crippen LogP contribution >= 0.6 is 0 Å². The molecule has 0 radical (unpaired) electrons. The standard InChI is InChI=1S/C13H18N2O2/c1-2-3-4-8-15-13(16)10-17-12-7-5-6-11(14)9-12/h2-3,5-7,9H,4,8,10,14H2,1H3,(H,15,16)/b3-2+. The maximum absolute atomic E-state index is 11.4. The van der Waals surface area contributed by atoms with Gasteiger partial charge >= 0.3 is 0 Å². The molecule has 1 amide bonds. The van der Waals surface area contributed by atoms with E-state index in [4.69, 9.17) is 10.5 Å². The van der Waals surface area contributed by atoms with Crippen molar-refractivity contribution in [3.8, 4) is 5.75 Å². The van der Waals surface area contributed by atoms with E-state index in [1.807, 2.05) is 19.1 Å². The Morgan fingerprint density at radius 2 is 2.35 bits per heavy atom. The molecular weight excluding hydrogens is 216 g/mol. The van der Waals surface area contributed by atoms with E-state index >= 15 is 0 Å². The van der Waals surface area contributed by atoms with Crippen LogP contribution in [0.25, 0.3) is 0 Å². The zero-order chi connectivity index (χ0) is 12.5. The van der Waals surface area contributed by atoms with Crippen LogP contribution in [0.4, 0.5) is 5.69 Å². The summed E-state index contributed by atoms with van der Waals surface area (Å²) in [6, 6.07) is 7.01. The second-order valence-corrected chi connectivity index (χ2v) is 3.57. The van der Waals surface area contributed by atoms with E-state index in [0.717, 1.165) is 6.42 Å². The first-order chi connectivity index (χ1) is 8.22. The molecule has 0 unspecified atom stereocenters. The molecule has 4 nitrogen and oxygen atoms in total. The Balaban J connectivity index is 2.24. The van der Waals surface area contributed by atoms with E-state index in [0.29, 0.717) is 18.0 Å². The average Bonchev–Trinajstić information content (AvgIpc) is 2.32. The van der Waals surface area contributed by atoms with Crippen molar-refractivity contribution in [3.63, 3.8) is 0 Å². The summed E-state index contributed by atoms with van der Waals surface area (Å²) >= 11 is 0. The minimum absolute atomic E-state index is 0.0132. The zero-order valence-corrected chi connectivity index (χ0v) is 9.98.